The molecule has 0 aromatic heterocycles. The minimum atomic E-state index is -0.110. The van der Waals surface area contributed by atoms with Gasteiger partial charge in [-0.2, -0.15) is 0 Å². The molecule has 2 aromatic rings. The van der Waals surface area contributed by atoms with Crippen LogP contribution in [0.1, 0.15) is 22.3 Å². The Bertz CT molecular complexity index is 858. The molecule has 25 heavy (non-hydrogen) atoms. The van der Waals surface area contributed by atoms with Crippen molar-refractivity contribution in [1.29, 1.82) is 0 Å². The van der Waals surface area contributed by atoms with Gasteiger partial charge < -0.3 is 20.5 Å². The van der Waals surface area contributed by atoms with Crippen molar-refractivity contribution in [1.82, 2.24) is 5.32 Å². The minimum Gasteiger partial charge on any atom is -0.487 e. The second-order valence-corrected chi connectivity index (χ2v) is 6.21. The van der Waals surface area contributed by atoms with E-state index in [-0.39, 0.29) is 12.5 Å². The van der Waals surface area contributed by atoms with Gasteiger partial charge >= 0.3 is 0 Å². The summed E-state index contributed by atoms with van der Waals surface area (Å²) in [6, 6.07) is 13.9. The minimum absolute atomic E-state index is 0.110. The first kappa shape index (κ1) is 15.9. The molecule has 5 heteroatoms. The Kier molecular flexibility index (Phi) is 4.26. The highest BCUT2D eigenvalue weighted by Gasteiger charge is 2.32. The second kappa shape index (κ2) is 6.70. The van der Waals surface area contributed by atoms with Gasteiger partial charge in [0.05, 0.1) is 12.2 Å². The van der Waals surface area contributed by atoms with Crippen LogP contribution in [0, 0.1) is 0 Å². The van der Waals surface area contributed by atoms with Crippen molar-refractivity contribution in [2.24, 2.45) is 0 Å². The summed E-state index contributed by atoms with van der Waals surface area (Å²) in [4.78, 5) is 12.4. The van der Waals surface area contributed by atoms with Crippen molar-refractivity contribution in [3.05, 3.63) is 64.7 Å². The zero-order chi connectivity index (χ0) is 17.2. The van der Waals surface area contributed by atoms with Gasteiger partial charge in [-0.1, -0.05) is 36.4 Å². The van der Waals surface area contributed by atoms with Crippen molar-refractivity contribution < 1.29 is 14.6 Å². The van der Waals surface area contributed by atoms with Crippen molar-refractivity contribution in [2.45, 2.75) is 13.0 Å². The fraction of sp³-hybridized carbons (Fsp3) is 0.250. The van der Waals surface area contributed by atoms with Gasteiger partial charge in [0.25, 0.3) is 5.91 Å². The van der Waals surface area contributed by atoms with Gasteiger partial charge in [0.2, 0.25) is 0 Å². The molecule has 0 saturated heterocycles. The van der Waals surface area contributed by atoms with E-state index in [1.165, 1.54) is 5.56 Å². The molecule has 0 atom stereocenters. The molecular weight excluding hydrogens is 316 g/mol. The summed E-state index contributed by atoms with van der Waals surface area (Å²) in [5, 5.41) is 14.9. The van der Waals surface area contributed by atoms with E-state index in [2.05, 4.69) is 22.8 Å². The molecule has 0 radical (unpaired) electrons. The molecule has 2 aromatic carbocycles. The zero-order valence-electron chi connectivity index (χ0n) is 13.8. The normalized spacial score (nSPS) is 17.9. The topological polar surface area (TPSA) is 70.6 Å². The molecule has 3 N–H and O–H groups in total. The molecule has 0 spiro atoms. The number of carbonyl (C=O) groups is 1. The Hall–Kier alpha value is -2.63. The molecule has 0 fully saturated rings. The number of benzene rings is 2. The maximum atomic E-state index is 12.4. The van der Waals surface area contributed by atoms with Gasteiger partial charge in [-0.3, -0.25) is 4.79 Å². The van der Waals surface area contributed by atoms with Gasteiger partial charge in [0.1, 0.15) is 12.4 Å². The molecule has 128 valence electrons. The lowest BCUT2D eigenvalue weighted by atomic mass is 9.98. The number of para-hydroxylation sites is 1. The van der Waals surface area contributed by atoms with E-state index in [0.29, 0.717) is 24.5 Å². The summed E-state index contributed by atoms with van der Waals surface area (Å²) < 4.78 is 5.90. The number of nitrogens with one attached hydrogen (secondary N) is 2. The average Bonchev–Trinajstić information content (AvgIpc) is 3.18. The van der Waals surface area contributed by atoms with Gasteiger partial charge in [-0.15, -0.1) is 0 Å². The fourth-order valence-electron chi connectivity index (χ4n) is 3.36. The third kappa shape index (κ3) is 2.92. The SMILES string of the molecule is O=C1Nc2ccccc2/C1=C1\OCc2cc(CCNCCO)ccc21. The van der Waals surface area contributed by atoms with Crippen LogP contribution in [0.4, 0.5) is 5.69 Å². The largest absolute Gasteiger partial charge is 0.487 e. The van der Waals surface area contributed by atoms with E-state index in [1.54, 1.807) is 0 Å². The molecule has 2 aliphatic rings. The first-order valence-corrected chi connectivity index (χ1v) is 8.49. The molecule has 0 aliphatic carbocycles. The highest BCUT2D eigenvalue weighted by atomic mass is 16.5. The fourth-order valence-corrected chi connectivity index (χ4v) is 3.36. The van der Waals surface area contributed by atoms with E-state index in [9.17, 15) is 4.79 Å². The number of fused-ring (bicyclic) bond motifs is 2. The number of hydrogen-bond acceptors (Lipinski definition) is 4. The Labute approximate surface area is 146 Å². The Morgan fingerprint density at radius 3 is 2.88 bits per heavy atom. The predicted octanol–water partition coefficient (Wildman–Crippen LogP) is 2.16. The van der Waals surface area contributed by atoms with E-state index in [1.807, 2.05) is 30.3 Å². The number of aliphatic hydroxyl groups is 1. The number of ether oxygens (including phenoxy) is 1. The van der Waals surface area contributed by atoms with Gasteiger partial charge in [0.15, 0.2) is 0 Å². The van der Waals surface area contributed by atoms with E-state index in [0.717, 1.165) is 35.3 Å². The van der Waals surface area contributed by atoms with Gasteiger partial charge in [-0.05, 0) is 24.6 Å². The summed E-state index contributed by atoms with van der Waals surface area (Å²) in [5.74, 6) is 0.559. The lowest BCUT2D eigenvalue weighted by Gasteiger charge is -2.06. The molecule has 2 aliphatic heterocycles. The quantitative estimate of drug-likeness (QED) is 0.578. The third-order valence-electron chi connectivity index (χ3n) is 4.56. The lowest BCUT2D eigenvalue weighted by molar-refractivity contribution is -0.110. The van der Waals surface area contributed by atoms with Crippen LogP contribution in [0.15, 0.2) is 42.5 Å². The standard InChI is InChI=1S/C20H20N2O3/c23-10-9-21-8-7-13-5-6-15-14(11-13)12-25-19(15)18-16-3-1-2-4-17(16)22-20(18)24/h1-6,11,21,23H,7-10,12H2,(H,22,24)/b19-18+. The second-order valence-electron chi connectivity index (χ2n) is 6.21. The Morgan fingerprint density at radius 2 is 2.00 bits per heavy atom. The van der Waals surface area contributed by atoms with Crippen molar-refractivity contribution in [2.75, 3.05) is 25.0 Å². The van der Waals surface area contributed by atoms with Crippen LogP contribution in [0.5, 0.6) is 0 Å². The average molecular weight is 336 g/mol. The van der Waals surface area contributed by atoms with E-state index >= 15 is 0 Å². The van der Waals surface area contributed by atoms with Crippen molar-refractivity contribution in [3.63, 3.8) is 0 Å². The summed E-state index contributed by atoms with van der Waals surface area (Å²) >= 11 is 0. The summed E-state index contributed by atoms with van der Waals surface area (Å²) in [7, 11) is 0. The maximum absolute atomic E-state index is 12.4. The number of aliphatic hydroxyl groups excluding tert-OH is 1. The van der Waals surface area contributed by atoms with Crippen LogP contribution >= 0.6 is 0 Å². The van der Waals surface area contributed by atoms with Crippen LogP contribution in [-0.4, -0.2) is 30.7 Å². The maximum Gasteiger partial charge on any atom is 0.260 e. The van der Waals surface area contributed by atoms with Gasteiger partial charge in [-0.25, -0.2) is 0 Å². The Balaban J connectivity index is 1.63. The lowest BCUT2D eigenvalue weighted by Crippen LogP contribution is -2.20. The molecule has 0 bridgehead atoms. The summed E-state index contributed by atoms with van der Waals surface area (Å²) in [5.41, 5.74) is 5.67. The van der Waals surface area contributed by atoms with Gasteiger partial charge in [0, 0.05) is 28.9 Å². The first-order valence-electron chi connectivity index (χ1n) is 8.49. The molecule has 5 nitrogen and oxygen atoms in total. The van der Waals surface area contributed by atoms with E-state index in [4.69, 9.17) is 9.84 Å². The molecule has 4 rings (SSSR count). The molecule has 1 amide bonds. The van der Waals surface area contributed by atoms with Crippen molar-refractivity contribution in [3.8, 4) is 0 Å². The van der Waals surface area contributed by atoms with Crippen LogP contribution < -0.4 is 10.6 Å². The monoisotopic (exact) mass is 336 g/mol. The first-order chi connectivity index (χ1) is 12.3. The van der Waals surface area contributed by atoms with Crippen LogP contribution in [0.3, 0.4) is 0 Å². The molecular formula is C20H20N2O3. The predicted molar refractivity (Wildman–Crippen MR) is 96.8 cm³/mol. The third-order valence-corrected chi connectivity index (χ3v) is 4.56. The van der Waals surface area contributed by atoms with E-state index < -0.39 is 0 Å². The molecule has 0 saturated carbocycles. The smallest absolute Gasteiger partial charge is 0.260 e. The van der Waals surface area contributed by atoms with Crippen LogP contribution in [0.25, 0.3) is 11.3 Å². The Morgan fingerprint density at radius 1 is 1.12 bits per heavy atom. The highest BCUT2D eigenvalue weighted by molar-refractivity contribution is 6.36. The number of amides is 1. The number of carbonyl (C=O) groups excluding carboxylic acids is 1. The summed E-state index contributed by atoms with van der Waals surface area (Å²) in [6.07, 6.45) is 0.891. The van der Waals surface area contributed by atoms with Crippen molar-refractivity contribution >= 4 is 22.9 Å². The number of hydrogen-bond donors (Lipinski definition) is 3. The van der Waals surface area contributed by atoms with Crippen LogP contribution in [-0.2, 0) is 22.6 Å². The molecule has 2 heterocycles. The van der Waals surface area contributed by atoms with Crippen LogP contribution in [0.2, 0.25) is 0 Å². The molecule has 0 unspecified atom stereocenters. The zero-order valence-corrected chi connectivity index (χ0v) is 13.8. The summed E-state index contributed by atoms with van der Waals surface area (Å²) in [6.45, 7) is 2.07. The highest BCUT2D eigenvalue weighted by Crippen LogP contribution is 2.41. The number of rotatable bonds is 5. The number of anilines is 1.